The fourth-order valence-corrected chi connectivity index (χ4v) is 3.73. The topological polar surface area (TPSA) is 45.6 Å². The van der Waals surface area contributed by atoms with Crippen LogP contribution < -0.4 is 15.8 Å². The highest BCUT2D eigenvalue weighted by Gasteiger charge is 2.17. The molecular formula is C15H17ClN3OS+. The van der Waals surface area contributed by atoms with Crippen LogP contribution in [0.3, 0.4) is 0 Å². The van der Waals surface area contributed by atoms with Gasteiger partial charge in [0.2, 0.25) is 0 Å². The Morgan fingerprint density at radius 1 is 1.38 bits per heavy atom. The van der Waals surface area contributed by atoms with Crippen LogP contribution in [0, 0.1) is 0 Å². The van der Waals surface area contributed by atoms with Crippen LogP contribution in [0.5, 0.6) is 0 Å². The highest BCUT2D eigenvalue weighted by atomic mass is 35.5. The molecule has 1 amide bonds. The molecule has 3 N–H and O–H groups in total. The van der Waals surface area contributed by atoms with Crippen LogP contribution in [0.25, 0.3) is 10.1 Å². The van der Waals surface area contributed by atoms with E-state index in [4.69, 9.17) is 11.6 Å². The molecule has 2 aromatic rings. The lowest BCUT2D eigenvalue weighted by atomic mass is 10.2. The summed E-state index contributed by atoms with van der Waals surface area (Å²) in [5.41, 5.74) is 6.81. The summed E-state index contributed by atoms with van der Waals surface area (Å²) in [6, 6.07) is 7.77. The molecule has 0 fully saturated rings. The molecule has 1 atom stereocenters. The van der Waals surface area contributed by atoms with Crippen LogP contribution in [-0.4, -0.2) is 26.0 Å². The van der Waals surface area contributed by atoms with Crippen molar-refractivity contribution in [3.63, 3.8) is 0 Å². The molecule has 0 bridgehead atoms. The molecule has 21 heavy (non-hydrogen) atoms. The number of benzene rings is 1. The fourth-order valence-electron chi connectivity index (χ4n) is 2.32. The molecule has 6 heteroatoms. The quantitative estimate of drug-likeness (QED) is 0.752. The van der Waals surface area contributed by atoms with Gasteiger partial charge >= 0.3 is 0 Å². The van der Waals surface area contributed by atoms with Gasteiger partial charge in [-0.05, 0) is 12.1 Å². The Morgan fingerprint density at radius 3 is 2.90 bits per heavy atom. The molecule has 110 valence electrons. The molecular weight excluding hydrogens is 306 g/mol. The minimum Gasteiger partial charge on any atom is -0.334 e. The summed E-state index contributed by atoms with van der Waals surface area (Å²) in [5, 5.41) is 1.45. The van der Waals surface area contributed by atoms with Crippen molar-refractivity contribution in [3.05, 3.63) is 45.9 Å². The number of quaternary nitrogens is 1. The van der Waals surface area contributed by atoms with E-state index in [-0.39, 0.29) is 5.91 Å². The first kappa shape index (κ1) is 14.4. The molecule has 1 aromatic carbocycles. The van der Waals surface area contributed by atoms with Crippen molar-refractivity contribution in [2.24, 2.45) is 0 Å². The van der Waals surface area contributed by atoms with E-state index in [1.807, 2.05) is 24.3 Å². The average molecular weight is 323 g/mol. The van der Waals surface area contributed by atoms with Crippen molar-refractivity contribution in [2.75, 3.05) is 20.1 Å². The van der Waals surface area contributed by atoms with Crippen molar-refractivity contribution in [1.82, 2.24) is 10.9 Å². The molecule has 1 aliphatic heterocycles. The number of hydrazine groups is 1. The monoisotopic (exact) mass is 322 g/mol. The maximum atomic E-state index is 12.3. The number of hydrogen-bond donors (Lipinski definition) is 3. The number of amides is 1. The van der Waals surface area contributed by atoms with Gasteiger partial charge in [0, 0.05) is 22.2 Å². The van der Waals surface area contributed by atoms with Gasteiger partial charge in [0.15, 0.2) is 0 Å². The number of nitrogens with one attached hydrogen (secondary N) is 3. The van der Waals surface area contributed by atoms with E-state index in [2.05, 4.69) is 24.0 Å². The van der Waals surface area contributed by atoms with Gasteiger partial charge in [-0.1, -0.05) is 29.8 Å². The Bertz CT molecular complexity index is 710. The average Bonchev–Trinajstić information content (AvgIpc) is 2.84. The molecule has 4 nitrogen and oxygen atoms in total. The number of hydrogen-bond acceptors (Lipinski definition) is 3. The normalized spacial score (nSPS) is 18.4. The number of likely N-dealkylation sites (N-methyl/N-ethyl adjacent to an activating group) is 1. The van der Waals surface area contributed by atoms with Crippen LogP contribution in [0.2, 0.25) is 5.02 Å². The van der Waals surface area contributed by atoms with E-state index in [1.54, 1.807) is 0 Å². The summed E-state index contributed by atoms with van der Waals surface area (Å²) in [4.78, 5) is 14.3. The summed E-state index contributed by atoms with van der Waals surface area (Å²) < 4.78 is 1.02. The van der Waals surface area contributed by atoms with Gasteiger partial charge in [0.05, 0.1) is 25.2 Å². The molecule has 3 rings (SSSR count). The zero-order valence-corrected chi connectivity index (χ0v) is 13.3. The number of carbonyl (C=O) groups excluding carboxylic acids is 1. The van der Waals surface area contributed by atoms with Crippen molar-refractivity contribution in [3.8, 4) is 0 Å². The maximum Gasteiger partial charge on any atom is 0.281 e. The number of carbonyl (C=O) groups is 1. The number of fused-ring (bicyclic) bond motifs is 1. The van der Waals surface area contributed by atoms with Crippen molar-refractivity contribution in [2.45, 2.75) is 6.42 Å². The van der Waals surface area contributed by atoms with Gasteiger partial charge < -0.3 is 10.3 Å². The SMILES string of the molecule is C[NH+]1CC=C(NNC(=O)c2sc3ccccc3c2Cl)CC1. The fraction of sp³-hybridized carbons (Fsp3) is 0.267. The third kappa shape index (κ3) is 3.05. The van der Waals surface area contributed by atoms with Crippen LogP contribution >= 0.6 is 22.9 Å². The molecule has 0 aliphatic carbocycles. The zero-order valence-electron chi connectivity index (χ0n) is 11.7. The van der Waals surface area contributed by atoms with E-state index >= 15 is 0 Å². The Balaban J connectivity index is 1.71. The first-order valence-electron chi connectivity index (χ1n) is 6.89. The second-order valence-electron chi connectivity index (χ2n) is 5.21. The molecule has 0 saturated heterocycles. The van der Waals surface area contributed by atoms with Crippen molar-refractivity contribution >= 4 is 38.9 Å². The van der Waals surface area contributed by atoms with E-state index in [0.29, 0.717) is 9.90 Å². The van der Waals surface area contributed by atoms with Gasteiger partial charge in [-0.25, -0.2) is 0 Å². The van der Waals surface area contributed by atoms with E-state index in [0.717, 1.165) is 35.3 Å². The Morgan fingerprint density at radius 2 is 2.19 bits per heavy atom. The third-order valence-corrected chi connectivity index (χ3v) is 5.27. The molecule has 1 unspecified atom stereocenters. The van der Waals surface area contributed by atoms with Crippen molar-refractivity contribution in [1.29, 1.82) is 0 Å². The van der Waals surface area contributed by atoms with Crippen LogP contribution in [-0.2, 0) is 0 Å². The highest BCUT2D eigenvalue weighted by Crippen LogP contribution is 2.34. The summed E-state index contributed by atoms with van der Waals surface area (Å²) in [7, 11) is 2.16. The minimum absolute atomic E-state index is 0.187. The van der Waals surface area contributed by atoms with E-state index < -0.39 is 0 Å². The summed E-state index contributed by atoms with van der Waals surface area (Å²) in [6.07, 6.45) is 3.05. The predicted molar refractivity (Wildman–Crippen MR) is 86.8 cm³/mol. The number of rotatable bonds is 3. The Hall–Kier alpha value is -1.56. The number of halogens is 1. The number of thiophene rings is 1. The second-order valence-corrected chi connectivity index (χ2v) is 6.64. The Labute approximate surface area is 132 Å². The van der Waals surface area contributed by atoms with Gasteiger partial charge in [-0.3, -0.25) is 10.2 Å². The zero-order chi connectivity index (χ0) is 14.8. The first-order chi connectivity index (χ1) is 10.1. The van der Waals surface area contributed by atoms with Crippen molar-refractivity contribution < 1.29 is 9.69 Å². The maximum absolute atomic E-state index is 12.3. The summed E-state index contributed by atoms with van der Waals surface area (Å²) >= 11 is 7.71. The molecule has 1 aromatic heterocycles. The lowest BCUT2D eigenvalue weighted by Crippen LogP contribution is -3.09. The molecule has 1 aliphatic rings. The second kappa shape index (κ2) is 6.05. The summed E-state index contributed by atoms with van der Waals surface area (Å²) in [5.74, 6) is -0.187. The lowest BCUT2D eigenvalue weighted by Gasteiger charge is -2.20. The van der Waals surface area contributed by atoms with Gasteiger partial charge in [0.1, 0.15) is 4.88 Å². The standard InChI is InChI=1S/C15H16ClN3OS/c1-19-8-6-10(7-9-19)17-18-15(20)14-13(16)11-4-2-3-5-12(11)21-14/h2-6,17H,7-9H2,1H3,(H,18,20)/p+1. The van der Waals surface area contributed by atoms with E-state index in [1.165, 1.54) is 16.2 Å². The van der Waals surface area contributed by atoms with Crippen LogP contribution in [0.4, 0.5) is 0 Å². The van der Waals surface area contributed by atoms with Crippen LogP contribution in [0.15, 0.2) is 36.0 Å². The molecule has 2 heterocycles. The lowest BCUT2D eigenvalue weighted by molar-refractivity contribution is -0.875. The smallest absolute Gasteiger partial charge is 0.281 e. The summed E-state index contributed by atoms with van der Waals surface area (Å²) in [6.45, 7) is 2.04. The van der Waals surface area contributed by atoms with Gasteiger partial charge in [-0.15, -0.1) is 11.3 Å². The predicted octanol–water partition coefficient (Wildman–Crippen LogP) is 1.59. The molecule has 0 spiro atoms. The van der Waals surface area contributed by atoms with Gasteiger partial charge in [0.25, 0.3) is 5.91 Å². The van der Waals surface area contributed by atoms with E-state index in [9.17, 15) is 4.79 Å². The molecule has 0 saturated carbocycles. The van der Waals surface area contributed by atoms with Gasteiger partial charge in [-0.2, -0.15) is 0 Å². The minimum atomic E-state index is -0.187. The largest absolute Gasteiger partial charge is 0.334 e. The first-order valence-corrected chi connectivity index (χ1v) is 8.08. The Kier molecular flexibility index (Phi) is 4.14. The highest BCUT2D eigenvalue weighted by molar-refractivity contribution is 7.21. The molecule has 0 radical (unpaired) electrons. The van der Waals surface area contributed by atoms with Crippen LogP contribution in [0.1, 0.15) is 16.1 Å². The third-order valence-electron chi connectivity index (χ3n) is 3.60.